The molecule has 100 valence electrons. The van der Waals surface area contributed by atoms with Gasteiger partial charge in [0.25, 0.3) is 5.91 Å². The van der Waals surface area contributed by atoms with E-state index >= 15 is 0 Å². The molecule has 5 heteroatoms. The van der Waals surface area contributed by atoms with E-state index < -0.39 is 0 Å². The van der Waals surface area contributed by atoms with Gasteiger partial charge >= 0.3 is 0 Å². The number of hydrogen-bond donors (Lipinski definition) is 2. The molecule has 1 unspecified atom stereocenters. The third-order valence-electron chi connectivity index (χ3n) is 3.35. The van der Waals surface area contributed by atoms with E-state index in [1.807, 2.05) is 25.1 Å². The average molecular weight is 276 g/mol. The minimum absolute atomic E-state index is 0.0909. The Bertz CT molecular complexity index is 630. The third-order valence-corrected chi connectivity index (χ3v) is 4.54. The number of aryl methyl sites for hydroxylation is 1. The number of anilines is 1. The van der Waals surface area contributed by atoms with Crippen LogP contribution in [0.2, 0.25) is 0 Å². The second-order valence-electron chi connectivity index (χ2n) is 4.88. The van der Waals surface area contributed by atoms with Crippen molar-refractivity contribution in [2.45, 2.75) is 19.4 Å². The number of rotatable bonds is 2. The minimum Gasteiger partial charge on any atom is -0.397 e. The second kappa shape index (κ2) is 4.83. The average Bonchev–Trinajstić information content (AvgIpc) is 2.98. The third kappa shape index (κ3) is 2.31. The van der Waals surface area contributed by atoms with E-state index in [1.54, 1.807) is 0 Å². The van der Waals surface area contributed by atoms with Crippen molar-refractivity contribution in [3.63, 3.8) is 0 Å². The molecule has 19 heavy (non-hydrogen) atoms. The van der Waals surface area contributed by atoms with Crippen molar-refractivity contribution in [2.75, 3.05) is 18.9 Å². The SMILES string of the molecule is Cc1ccc2sc(C(=O)NC3CCOC3)c(N)c2c1. The van der Waals surface area contributed by atoms with Gasteiger partial charge in [0.15, 0.2) is 0 Å². The van der Waals surface area contributed by atoms with Crippen molar-refractivity contribution >= 4 is 33.0 Å². The summed E-state index contributed by atoms with van der Waals surface area (Å²) in [6, 6.07) is 6.18. The number of fused-ring (bicyclic) bond motifs is 1. The van der Waals surface area contributed by atoms with Crippen molar-refractivity contribution in [1.82, 2.24) is 5.32 Å². The summed E-state index contributed by atoms with van der Waals surface area (Å²) >= 11 is 1.45. The molecular formula is C14H16N2O2S. The van der Waals surface area contributed by atoms with Crippen LogP contribution in [0, 0.1) is 6.92 Å². The topological polar surface area (TPSA) is 64.3 Å². The molecule has 0 saturated carbocycles. The molecule has 0 aliphatic carbocycles. The van der Waals surface area contributed by atoms with Crippen LogP contribution in [0.25, 0.3) is 10.1 Å². The van der Waals surface area contributed by atoms with Crippen LogP contribution < -0.4 is 11.1 Å². The Morgan fingerprint density at radius 2 is 2.37 bits per heavy atom. The fraction of sp³-hybridized carbons (Fsp3) is 0.357. The summed E-state index contributed by atoms with van der Waals surface area (Å²) in [5.41, 5.74) is 7.83. The van der Waals surface area contributed by atoms with Crippen LogP contribution >= 0.6 is 11.3 Å². The highest BCUT2D eigenvalue weighted by atomic mass is 32.1. The number of nitrogen functional groups attached to an aromatic ring is 1. The van der Waals surface area contributed by atoms with Gasteiger partial charge in [0.2, 0.25) is 0 Å². The Balaban J connectivity index is 1.91. The Hall–Kier alpha value is -1.59. The van der Waals surface area contributed by atoms with Crippen LogP contribution in [0.4, 0.5) is 5.69 Å². The van der Waals surface area contributed by atoms with Gasteiger partial charge < -0.3 is 15.8 Å². The molecule has 1 aliphatic rings. The molecule has 1 atom stereocenters. The van der Waals surface area contributed by atoms with Crippen LogP contribution in [0.1, 0.15) is 21.7 Å². The maximum Gasteiger partial charge on any atom is 0.263 e. The lowest BCUT2D eigenvalue weighted by molar-refractivity contribution is 0.0935. The monoisotopic (exact) mass is 276 g/mol. The number of carbonyl (C=O) groups excluding carboxylic acids is 1. The summed E-state index contributed by atoms with van der Waals surface area (Å²) in [7, 11) is 0. The van der Waals surface area contributed by atoms with E-state index in [0.29, 0.717) is 23.8 Å². The van der Waals surface area contributed by atoms with Gasteiger partial charge in [-0.05, 0) is 25.5 Å². The fourth-order valence-electron chi connectivity index (χ4n) is 2.30. The Kier molecular flexibility index (Phi) is 3.16. The van der Waals surface area contributed by atoms with Crippen molar-refractivity contribution < 1.29 is 9.53 Å². The quantitative estimate of drug-likeness (QED) is 0.884. The molecular weight excluding hydrogens is 260 g/mol. The van der Waals surface area contributed by atoms with Gasteiger partial charge in [-0.1, -0.05) is 11.6 Å². The summed E-state index contributed by atoms with van der Waals surface area (Å²) in [4.78, 5) is 12.8. The van der Waals surface area contributed by atoms with Crippen LogP contribution in [-0.2, 0) is 4.74 Å². The molecule has 1 amide bonds. The molecule has 1 saturated heterocycles. The Labute approximate surface area is 115 Å². The molecule has 3 rings (SSSR count). The molecule has 1 aliphatic heterocycles. The standard InChI is InChI=1S/C14H16N2O2S/c1-8-2-3-11-10(6-8)12(15)13(19-11)14(17)16-9-4-5-18-7-9/h2-3,6,9H,4-5,7,15H2,1H3,(H,16,17). The highest BCUT2D eigenvalue weighted by Gasteiger charge is 2.22. The summed E-state index contributed by atoms with van der Waals surface area (Å²) in [5, 5.41) is 3.95. The first-order valence-corrected chi connectivity index (χ1v) is 7.14. The van der Waals surface area contributed by atoms with E-state index in [9.17, 15) is 4.79 Å². The lowest BCUT2D eigenvalue weighted by Gasteiger charge is -2.09. The van der Waals surface area contributed by atoms with Crippen molar-refractivity contribution in [1.29, 1.82) is 0 Å². The maximum atomic E-state index is 12.2. The normalized spacial score (nSPS) is 18.9. The minimum atomic E-state index is -0.0909. The zero-order valence-electron chi connectivity index (χ0n) is 10.7. The molecule has 1 fully saturated rings. The number of nitrogens with one attached hydrogen (secondary N) is 1. The van der Waals surface area contributed by atoms with Gasteiger partial charge in [0, 0.05) is 16.7 Å². The molecule has 4 nitrogen and oxygen atoms in total. The lowest BCUT2D eigenvalue weighted by Crippen LogP contribution is -2.34. The summed E-state index contributed by atoms with van der Waals surface area (Å²) < 4.78 is 6.31. The zero-order valence-corrected chi connectivity index (χ0v) is 11.5. The maximum absolute atomic E-state index is 12.2. The van der Waals surface area contributed by atoms with Crippen LogP contribution in [0.3, 0.4) is 0 Å². The molecule has 0 spiro atoms. The van der Waals surface area contributed by atoms with E-state index in [2.05, 4.69) is 5.32 Å². The predicted octanol–water partition coefficient (Wildman–Crippen LogP) is 2.31. The van der Waals surface area contributed by atoms with E-state index in [-0.39, 0.29) is 11.9 Å². The molecule has 2 heterocycles. The van der Waals surface area contributed by atoms with Gasteiger partial charge in [-0.2, -0.15) is 0 Å². The zero-order chi connectivity index (χ0) is 13.4. The Morgan fingerprint density at radius 1 is 1.53 bits per heavy atom. The number of nitrogens with two attached hydrogens (primary N) is 1. The molecule has 3 N–H and O–H groups in total. The van der Waals surface area contributed by atoms with Crippen molar-refractivity contribution in [3.8, 4) is 0 Å². The molecule has 1 aromatic carbocycles. The number of carbonyl (C=O) groups is 1. The number of hydrogen-bond acceptors (Lipinski definition) is 4. The number of thiophene rings is 1. The van der Waals surface area contributed by atoms with E-state index in [4.69, 9.17) is 10.5 Å². The molecule has 0 bridgehead atoms. The lowest BCUT2D eigenvalue weighted by atomic mass is 10.1. The molecule has 1 aromatic heterocycles. The first kappa shape index (κ1) is 12.4. The smallest absolute Gasteiger partial charge is 0.263 e. The van der Waals surface area contributed by atoms with Gasteiger partial charge in [0.05, 0.1) is 18.3 Å². The first-order chi connectivity index (χ1) is 9.15. The molecule has 0 radical (unpaired) electrons. The van der Waals surface area contributed by atoms with E-state index in [1.165, 1.54) is 11.3 Å². The first-order valence-electron chi connectivity index (χ1n) is 6.32. The number of benzene rings is 1. The van der Waals surface area contributed by atoms with Gasteiger partial charge in [-0.3, -0.25) is 4.79 Å². The van der Waals surface area contributed by atoms with Crippen LogP contribution in [0.15, 0.2) is 18.2 Å². The van der Waals surface area contributed by atoms with Crippen LogP contribution in [-0.4, -0.2) is 25.2 Å². The van der Waals surface area contributed by atoms with Gasteiger partial charge in [-0.15, -0.1) is 11.3 Å². The fourth-order valence-corrected chi connectivity index (χ4v) is 3.30. The van der Waals surface area contributed by atoms with Gasteiger partial charge in [0.1, 0.15) is 4.88 Å². The summed E-state index contributed by atoms with van der Waals surface area (Å²) in [6.07, 6.45) is 0.871. The van der Waals surface area contributed by atoms with Crippen molar-refractivity contribution in [2.24, 2.45) is 0 Å². The summed E-state index contributed by atoms with van der Waals surface area (Å²) in [5.74, 6) is -0.0909. The number of amides is 1. The van der Waals surface area contributed by atoms with Crippen LogP contribution in [0.5, 0.6) is 0 Å². The Morgan fingerprint density at radius 3 is 3.11 bits per heavy atom. The number of ether oxygens (including phenoxy) is 1. The highest BCUT2D eigenvalue weighted by Crippen LogP contribution is 2.34. The highest BCUT2D eigenvalue weighted by molar-refractivity contribution is 7.21. The largest absolute Gasteiger partial charge is 0.397 e. The molecule has 2 aromatic rings. The predicted molar refractivity (Wildman–Crippen MR) is 77.7 cm³/mol. The van der Waals surface area contributed by atoms with Crippen molar-refractivity contribution in [3.05, 3.63) is 28.6 Å². The second-order valence-corrected chi connectivity index (χ2v) is 5.93. The van der Waals surface area contributed by atoms with E-state index in [0.717, 1.165) is 22.1 Å². The summed E-state index contributed by atoms with van der Waals surface area (Å²) in [6.45, 7) is 3.33. The van der Waals surface area contributed by atoms with Gasteiger partial charge in [-0.25, -0.2) is 0 Å².